The summed E-state index contributed by atoms with van der Waals surface area (Å²) in [5.41, 5.74) is 5.27. The monoisotopic (exact) mass is 280 g/mol. The van der Waals surface area contributed by atoms with Gasteiger partial charge in [-0.25, -0.2) is 0 Å². The number of hydrogen-bond donors (Lipinski definition) is 2. The highest BCUT2D eigenvalue weighted by Gasteiger charge is 2.48. The maximum Gasteiger partial charge on any atom is 0.233 e. The van der Waals surface area contributed by atoms with Crippen LogP contribution in [0.3, 0.4) is 0 Å². The summed E-state index contributed by atoms with van der Waals surface area (Å²) < 4.78 is 0. The highest BCUT2D eigenvalue weighted by molar-refractivity contribution is 7.80. The van der Waals surface area contributed by atoms with E-state index in [9.17, 15) is 4.79 Å². The van der Waals surface area contributed by atoms with E-state index in [1.807, 2.05) is 0 Å². The molecule has 4 heteroatoms. The summed E-state index contributed by atoms with van der Waals surface area (Å²) in [5.74, 6) is 2.51. The molecule has 3 fully saturated rings. The predicted molar refractivity (Wildman–Crippen MR) is 79.6 cm³/mol. The first-order chi connectivity index (χ1) is 9.03. The van der Waals surface area contributed by atoms with Gasteiger partial charge in [0.2, 0.25) is 5.91 Å². The molecular weight excluding hydrogens is 256 g/mol. The Morgan fingerprint density at radius 1 is 1.37 bits per heavy atom. The second-order valence-corrected chi connectivity index (χ2v) is 7.34. The Morgan fingerprint density at radius 2 is 2.11 bits per heavy atom. The number of fused-ring (bicyclic) bond motifs is 2. The zero-order chi connectivity index (χ0) is 13.6. The first-order valence-electron chi connectivity index (χ1n) is 7.64. The highest BCUT2D eigenvalue weighted by atomic mass is 32.1. The Labute approximate surface area is 120 Å². The summed E-state index contributed by atoms with van der Waals surface area (Å²) in [4.78, 5) is 12.9. The van der Waals surface area contributed by atoms with Gasteiger partial charge in [-0.2, -0.15) is 0 Å². The second kappa shape index (κ2) is 4.72. The van der Waals surface area contributed by atoms with Gasteiger partial charge < -0.3 is 11.1 Å². The number of nitrogens with one attached hydrogen (secondary N) is 1. The average Bonchev–Trinajstić information content (AvgIpc) is 2.87. The van der Waals surface area contributed by atoms with E-state index in [1.54, 1.807) is 0 Å². The van der Waals surface area contributed by atoms with Crippen molar-refractivity contribution in [3.63, 3.8) is 0 Å². The molecule has 0 heterocycles. The number of amides is 1. The fourth-order valence-electron chi connectivity index (χ4n) is 4.47. The lowest BCUT2D eigenvalue weighted by Crippen LogP contribution is -2.56. The molecule has 2 bridgehead atoms. The molecule has 3 rings (SSSR count). The number of hydrogen-bond acceptors (Lipinski definition) is 2. The lowest BCUT2D eigenvalue weighted by atomic mass is 9.67. The van der Waals surface area contributed by atoms with Crippen LogP contribution in [0.2, 0.25) is 0 Å². The first kappa shape index (κ1) is 13.3. The largest absolute Gasteiger partial charge is 0.392 e. The molecule has 19 heavy (non-hydrogen) atoms. The Hall–Kier alpha value is -0.640. The minimum Gasteiger partial charge on any atom is -0.392 e. The molecule has 0 aromatic carbocycles. The molecule has 0 aromatic rings. The summed E-state index contributed by atoms with van der Waals surface area (Å²) in [6, 6.07) is 0.273. The van der Waals surface area contributed by atoms with Crippen molar-refractivity contribution >= 4 is 23.1 Å². The SMILES string of the molecule is CC(NC(=O)C1(C(N)=S)CCC1)C1CC2CCC1C2. The van der Waals surface area contributed by atoms with Crippen molar-refractivity contribution in [3.8, 4) is 0 Å². The van der Waals surface area contributed by atoms with Gasteiger partial charge in [0.1, 0.15) is 0 Å². The first-order valence-corrected chi connectivity index (χ1v) is 8.04. The van der Waals surface area contributed by atoms with Gasteiger partial charge >= 0.3 is 0 Å². The Balaban J connectivity index is 1.62. The molecule has 3 aliphatic carbocycles. The van der Waals surface area contributed by atoms with Crippen molar-refractivity contribution in [2.75, 3.05) is 0 Å². The van der Waals surface area contributed by atoms with Crippen molar-refractivity contribution in [3.05, 3.63) is 0 Å². The van der Waals surface area contributed by atoms with Crippen molar-refractivity contribution < 1.29 is 4.79 Å². The van der Waals surface area contributed by atoms with Gasteiger partial charge in [0.25, 0.3) is 0 Å². The number of rotatable bonds is 4. The third kappa shape index (κ3) is 2.08. The van der Waals surface area contributed by atoms with E-state index in [4.69, 9.17) is 18.0 Å². The molecule has 4 unspecified atom stereocenters. The minimum atomic E-state index is -0.527. The number of thiocarbonyl (C=S) groups is 1. The molecule has 0 spiro atoms. The average molecular weight is 280 g/mol. The van der Waals surface area contributed by atoms with Gasteiger partial charge in [0.05, 0.1) is 10.4 Å². The standard InChI is InChI=1S/C15H24N2OS/c1-9(12-8-10-3-4-11(12)7-10)17-14(18)15(13(16)19)5-2-6-15/h9-12H,2-8H2,1H3,(H2,16,19)(H,17,18). The Kier molecular flexibility index (Phi) is 3.32. The normalized spacial score (nSPS) is 36.6. The van der Waals surface area contributed by atoms with E-state index in [0.717, 1.165) is 31.1 Å². The van der Waals surface area contributed by atoms with Crippen molar-refractivity contribution in [1.82, 2.24) is 5.32 Å². The minimum absolute atomic E-state index is 0.0847. The highest BCUT2D eigenvalue weighted by Crippen LogP contribution is 2.50. The molecule has 3 N–H and O–H groups in total. The van der Waals surface area contributed by atoms with Crippen LogP contribution in [0.1, 0.15) is 51.9 Å². The Morgan fingerprint density at radius 3 is 2.53 bits per heavy atom. The van der Waals surface area contributed by atoms with E-state index < -0.39 is 5.41 Å². The number of carbonyl (C=O) groups is 1. The molecule has 106 valence electrons. The van der Waals surface area contributed by atoms with Crippen LogP contribution in [-0.4, -0.2) is 16.9 Å². The lowest BCUT2D eigenvalue weighted by Gasteiger charge is -2.41. The fourth-order valence-corrected chi connectivity index (χ4v) is 4.77. The zero-order valence-corrected chi connectivity index (χ0v) is 12.5. The van der Waals surface area contributed by atoms with Crippen LogP contribution >= 0.6 is 12.2 Å². The van der Waals surface area contributed by atoms with E-state index in [0.29, 0.717) is 10.9 Å². The van der Waals surface area contributed by atoms with Crippen LogP contribution in [0.4, 0.5) is 0 Å². The van der Waals surface area contributed by atoms with E-state index in [1.165, 1.54) is 25.7 Å². The van der Waals surface area contributed by atoms with E-state index >= 15 is 0 Å². The zero-order valence-electron chi connectivity index (χ0n) is 11.7. The van der Waals surface area contributed by atoms with Crippen molar-refractivity contribution in [2.24, 2.45) is 28.9 Å². The van der Waals surface area contributed by atoms with Crippen LogP contribution in [0.25, 0.3) is 0 Å². The number of nitrogens with two attached hydrogens (primary N) is 1. The third-order valence-corrected chi connectivity index (χ3v) is 6.30. The smallest absolute Gasteiger partial charge is 0.233 e. The maximum absolute atomic E-state index is 12.5. The second-order valence-electron chi connectivity index (χ2n) is 6.90. The summed E-state index contributed by atoms with van der Waals surface area (Å²) in [7, 11) is 0. The number of carbonyl (C=O) groups excluding carboxylic acids is 1. The van der Waals surface area contributed by atoms with Gasteiger partial charge in [-0.3, -0.25) is 4.79 Å². The van der Waals surface area contributed by atoms with Gasteiger partial charge in [-0.1, -0.05) is 25.1 Å². The lowest BCUT2D eigenvalue weighted by molar-refractivity contribution is -0.132. The van der Waals surface area contributed by atoms with Crippen molar-refractivity contribution in [1.29, 1.82) is 0 Å². The third-order valence-electron chi connectivity index (χ3n) is 5.91. The molecule has 0 saturated heterocycles. The van der Waals surface area contributed by atoms with Crippen molar-refractivity contribution in [2.45, 2.75) is 57.9 Å². The summed E-state index contributed by atoms with van der Waals surface area (Å²) in [6.45, 7) is 2.16. The predicted octanol–water partition coefficient (Wildman–Crippen LogP) is 2.38. The molecule has 0 aromatic heterocycles. The molecular formula is C15H24N2OS. The van der Waals surface area contributed by atoms with Gasteiger partial charge in [0, 0.05) is 6.04 Å². The summed E-state index contributed by atoms with van der Waals surface area (Å²) >= 11 is 5.11. The summed E-state index contributed by atoms with van der Waals surface area (Å²) in [6.07, 6.45) is 8.16. The summed E-state index contributed by atoms with van der Waals surface area (Å²) in [5, 5.41) is 3.22. The van der Waals surface area contributed by atoms with Crippen LogP contribution < -0.4 is 11.1 Å². The van der Waals surface area contributed by atoms with Crippen LogP contribution in [0.5, 0.6) is 0 Å². The molecule has 3 aliphatic rings. The molecule has 3 saturated carbocycles. The van der Waals surface area contributed by atoms with Crippen LogP contribution in [0, 0.1) is 23.2 Å². The van der Waals surface area contributed by atoms with Gasteiger partial charge in [0.15, 0.2) is 0 Å². The van der Waals surface area contributed by atoms with Gasteiger partial charge in [-0.15, -0.1) is 0 Å². The van der Waals surface area contributed by atoms with Gasteiger partial charge in [-0.05, 0) is 56.8 Å². The topological polar surface area (TPSA) is 55.1 Å². The van der Waals surface area contributed by atoms with Crippen LogP contribution in [0.15, 0.2) is 0 Å². The molecule has 4 atom stereocenters. The Bertz CT molecular complexity index is 405. The molecule has 3 nitrogen and oxygen atoms in total. The molecule has 0 aliphatic heterocycles. The van der Waals surface area contributed by atoms with Crippen LogP contribution in [-0.2, 0) is 4.79 Å². The fraction of sp³-hybridized carbons (Fsp3) is 0.867. The maximum atomic E-state index is 12.5. The molecule has 1 amide bonds. The molecule has 0 radical (unpaired) electrons. The van der Waals surface area contributed by atoms with E-state index in [-0.39, 0.29) is 11.9 Å². The van der Waals surface area contributed by atoms with E-state index in [2.05, 4.69) is 12.2 Å². The quantitative estimate of drug-likeness (QED) is 0.777.